The van der Waals surface area contributed by atoms with Gasteiger partial charge in [0.1, 0.15) is 5.69 Å². The third kappa shape index (κ3) is 1.37. The van der Waals surface area contributed by atoms with Crippen LogP contribution in [0.2, 0.25) is 0 Å². The molecule has 0 saturated heterocycles. The first-order chi connectivity index (χ1) is 6.65. The Bertz CT molecular complexity index is 348. The third-order valence-corrected chi connectivity index (χ3v) is 3.14. The number of carbonyl (C=O) groups is 1. The van der Waals surface area contributed by atoms with Crippen molar-refractivity contribution in [2.45, 2.75) is 26.7 Å². The average Bonchev–Trinajstić information content (AvgIpc) is 2.87. The summed E-state index contributed by atoms with van der Waals surface area (Å²) in [5, 5.41) is 4.09. The first-order valence-electron chi connectivity index (χ1n) is 5.18. The van der Waals surface area contributed by atoms with Crippen molar-refractivity contribution in [1.82, 2.24) is 9.78 Å². The van der Waals surface area contributed by atoms with Gasteiger partial charge in [0, 0.05) is 13.0 Å². The summed E-state index contributed by atoms with van der Waals surface area (Å²) < 4.78 is 1.70. The summed E-state index contributed by atoms with van der Waals surface area (Å²) in [5.41, 5.74) is 1.80. The monoisotopic (exact) mass is 192 g/mol. The Hall–Kier alpha value is -1.12. The van der Waals surface area contributed by atoms with Crippen LogP contribution >= 0.6 is 0 Å². The molecule has 1 saturated carbocycles. The lowest BCUT2D eigenvalue weighted by Crippen LogP contribution is -2.11. The molecule has 0 bridgehead atoms. The van der Waals surface area contributed by atoms with E-state index in [0.29, 0.717) is 5.92 Å². The quantitative estimate of drug-likeness (QED) is 0.686. The van der Waals surface area contributed by atoms with Gasteiger partial charge in [-0.1, -0.05) is 13.3 Å². The molecular weight excluding hydrogens is 176 g/mol. The smallest absolute Gasteiger partial charge is 0.184 e. The van der Waals surface area contributed by atoms with Crippen LogP contribution in [0.15, 0.2) is 6.20 Å². The summed E-state index contributed by atoms with van der Waals surface area (Å²) in [7, 11) is 1.84. The second kappa shape index (κ2) is 3.23. The molecule has 3 heteroatoms. The summed E-state index contributed by atoms with van der Waals surface area (Å²) in [6.07, 6.45) is 3.95. The molecule has 1 aliphatic carbocycles. The second-order valence-electron chi connectivity index (χ2n) is 4.17. The summed E-state index contributed by atoms with van der Waals surface area (Å²) in [6, 6.07) is 0. The number of hydrogen-bond donors (Lipinski definition) is 0. The summed E-state index contributed by atoms with van der Waals surface area (Å²) >= 11 is 0. The average molecular weight is 192 g/mol. The summed E-state index contributed by atoms with van der Waals surface area (Å²) in [4.78, 5) is 12.0. The van der Waals surface area contributed by atoms with Crippen LogP contribution in [0.25, 0.3) is 0 Å². The predicted molar refractivity (Wildman–Crippen MR) is 54.2 cm³/mol. The highest BCUT2D eigenvalue weighted by molar-refractivity contribution is 5.99. The Morgan fingerprint density at radius 1 is 1.71 bits per heavy atom. The van der Waals surface area contributed by atoms with Gasteiger partial charge in [-0.2, -0.15) is 5.10 Å². The standard InChI is InChI=1S/C11H16N2O/c1-4-8-5-9(8)11(14)10-7(2)6-12-13(10)3/h6,8-9H,4-5H2,1-3H3. The molecule has 1 aromatic heterocycles. The molecule has 0 aromatic carbocycles. The van der Waals surface area contributed by atoms with Gasteiger partial charge in [-0.05, 0) is 24.8 Å². The van der Waals surface area contributed by atoms with Crippen LogP contribution in [0.5, 0.6) is 0 Å². The highest BCUT2D eigenvalue weighted by Gasteiger charge is 2.42. The van der Waals surface area contributed by atoms with Gasteiger partial charge in [0.05, 0.1) is 6.20 Å². The van der Waals surface area contributed by atoms with Crippen LogP contribution in [0.3, 0.4) is 0 Å². The van der Waals surface area contributed by atoms with Gasteiger partial charge in [-0.3, -0.25) is 9.48 Å². The highest BCUT2D eigenvalue weighted by Crippen LogP contribution is 2.43. The lowest BCUT2D eigenvalue weighted by atomic mass is 10.1. The van der Waals surface area contributed by atoms with Gasteiger partial charge in [0.15, 0.2) is 5.78 Å². The normalized spacial score (nSPS) is 25.1. The van der Waals surface area contributed by atoms with Crippen LogP contribution < -0.4 is 0 Å². The van der Waals surface area contributed by atoms with Gasteiger partial charge in [0.2, 0.25) is 0 Å². The van der Waals surface area contributed by atoms with Gasteiger partial charge in [-0.15, -0.1) is 0 Å². The fourth-order valence-corrected chi connectivity index (χ4v) is 2.10. The number of aromatic nitrogens is 2. The Morgan fingerprint density at radius 2 is 2.43 bits per heavy atom. The van der Waals surface area contributed by atoms with Crippen LogP contribution in [0.4, 0.5) is 0 Å². The van der Waals surface area contributed by atoms with E-state index in [9.17, 15) is 4.79 Å². The van der Waals surface area contributed by atoms with Crippen molar-refractivity contribution in [2.24, 2.45) is 18.9 Å². The third-order valence-electron chi connectivity index (χ3n) is 3.14. The Balaban J connectivity index is 2.20. The first-order valence-corrected chi connectivity index (χ1v) is 5.18. The Labute approximate surface area is 84.1 Å². The van der Waals surface area contributed by atoms with Gasteiger partial charge in [0.25, 0.3) is 0 Å². The van der Waals surface area contributed by atoms with Crippen molar-refractivity contribution in [2.75, 3.05) is 0 Å². The van der Waals surface area contributed by atoms with Gasteiger partial charge < -0.3 is 0 Å². The van der Waals surface area contributed by atoms with Crippen LogP contribution in [0, 0.1) is 18.8 Å². The molecular formula is C11H16N2O. The first kappa shape index (κ1) is 9.44. The minimum atomic E-state index is 0.272. The number of hydrogen-bond acceptors (Lipinski definition) is 2. The van der Waals surface area contributed by atoms with E-state index in [1.54, 1.807) is 10.9 Å². The van der Waals surface area contributed by atoms with Crippen LogP contribution in [-0.2, 0) is 7.05 Å². The highest BCUT2D eigenvalue weighted by atomic mass is 16.1. The summed E-state index contributed by atoms with van der Waals surface area (Å²) in [6.45, 7) is 4.09. The zero-order chi connectivity index (χ0) is 10.3. The van der Waals surface area contributed by atoms with Crippen LogP contribution in [0.1, 0.15) is 35.8 Å². The fourth-order valence-electron chi connectivity index (χ4n) is 2.10. The Morgan fingerprint density at radius 3 is 2.86 bits per heavy atom. The van der Waals surface area contributed by atoms with Gasteiger partial charge in [-0.25, -0.2) is 0 Å². The molecule has 0 spiro atoms. The second-order valence-corrected chi connectivity index (χ2v) is 4.17. The molecule has 2 unspecified atom stereocenters. The summed E-state index contributed by atoms with van der Waals surface area (Å²) in [5.74, 6) is 1.18. The van der Waals surface area contributed by atoms with Crippen molar-refractivity contribution < 1.29 is 4.79 Å². The molecule has 0 N–H and O–H groups in total. The lowest BCUT2D eigenvalue weighted by molar-refractivity contribution is 0.0951. The largest absolute Gasteiger partial charge is 0.292 e. The van der Waals surface area contributed by atoms with E-state index >= 15 is 0 Å². The topological polar surface area (TPSA) is 34.9 Å². The van der Waals surface area contributed by atoms with Crippen molar-refractivity contribution in [3.8, 4) is 0 Å². The molecule has 1 fully saturated rings. The maximum atomic E-state index is 12.0. The maximum absolute atomic E-state index is 12.0. The maximum Gasteiger partial charge on any atom is 0.184 e. The Kier molecular flexibility index (Phi) is 2.17. The van der Waals surface area contributed by atoms with E-state index in [1.807, 2.05) is 14.0 Å². The van der Waals surface area contributed by atoms with Crippen molar-refractivity contribution in [3.63, 3.8) is 0 Å². The SMILES string of the molecule is CCC1CC1C(=O)c1c(C)cnn1C. The van der Waals surface area contributed by atoms with E-state index in [4.69, 9.17) is 0 Å². The molecule has 76 valence electrons. The predicted octanol–water partition coefficient (Wildman–Crippen LogP) is 1.96. The molecule has 2 rings (SSSR count). The van der Waals surface area contributed by atoms with Crippen LogP contribution in [-0.4, -0.2) is 15.6 Å². The number of aryl methyl sites for hydroxylation is 2. The van der Waals surface area contributed by atoms with Crippen molar-refractivity contribution in [3.05, 3.63) is 17.5 Å². The number of nitrogens with zero attached hydrogens (tertiary/aromatic N) is 2. The van der Waals surface area contributed by atoms with E-state index in [0.717, 1.165) is 24.1 Å². The van der Waals surface area contributed by atoms with E-state index in [2.05, 4.69) is 12.0 Å². The fraction of sp³-hybridized carbons (Fsp3) is 0.636. The number of ketones is 1. The molecule has 1 aromatic rings. The minimum Gasteiger partial charge on any atom is -0.292 e. The minimum absolute atomic E-state index is 0.272. The molecule has 0 radical (unpaired) electrons. The zero-order valence-corrected chi connectivity index (χ0v) is 8.95. The molecule has 1 aliphatic rings. The number of carbonyl (C=O) groups excluding carboxylic acids is 1. The number of Topliss-reactive ketones (excluding diaryl/α,β-unsaturated/α-hetero) is 1. The van der Waals surface area contributed by atoms with Crippen molar-refractivity contribution >= 4 is 5.78 Å². The molecule has 1 heterocycles. The molecule has 3 nitrogen and oxygen atoms in total. The molecule has 2 atom stereocenters. The zero-order valence-electron chi connectivity index (χ0n) is 8.95. The van der Waals surface area contributed by atoms with E-state index in [1.165, 1.54) is 0 Å². The van der Waals surface area contributed by atoms with E-state index < -0.39 is 0 Å². The van der Waals surface area contributed by atoms with E-state index in [-0.39, 0.29) is 11.7 Å². The lowest BCUT2D eigenvalue weighted by Gasteiger charge is -2.01. The number of rotatable bonds is 3. The van der Waals surface area contributed by atoms with Gasteiger partial charge >= 0.3 is 0 Å². The molecule has 14 heavy (non-hydrogen) atoms. The molecule has 0 amide bonds. The van der Waals surface area contributed by atoms with Crippen molar-refractivity contribution in [1.29, 1.82) is 0 Å². The molecule has 0 aliphatic heterocycles.